The van der Waals surface area contributed by atoms with Crippen molar-refractivity contribution in [3.8, 4) is 0 Å². The Morgan fingerprint density at radius 3 is 2.32 bits per heavy atom. The molecule has 1 atom stereocenters. The highest BCUT2D eigenvalue weighted by Gasteiger charge is 2.26. The zero-order chi connectivity index (χ0) is 21.1. The second-order valence-electron chi connectivity index (χ2n) is 6.54. The predicted octanol–water partition coefficient (Wildman–Crippen LogP) is 2.69. The van der Waals surface area contributed by atoms with Crippen molar-refractivity contribution in [2.45, 2.75) is 38.1 Å². The van der Waals surface area contributed by atoms with Gasteiger partial charge in [0.25, 0.3) is 5.91 Å². The van der Waals surface area contributed by atoms with Crippen LogP contribution in [-0.2, 0) is 23.5 Å². The summed E-state index contributed by atoms with van der Waals surface area (Å²) in [6, 6.07) is 4.35. The third kappa shape index (κ3) is 4.59. The van der Waals surface area contributed by atoms with Gasteiger partial charge in [0, 0.05) is 37.9 Å². The number of hydrogen-bond acceptors (Lipinski definition) is 3. The molecule has 1 unspecified atom stereocenters. The van der Waals surface area contributed by atoms with Gasteiger partial charge in [0.2, 0.25) is 10.0 Å². The highest BCUT2D eigenvalue weighted by atomic mass is 32.2. The lowest BCUT2D eigenvalue weighted by molar-refractivity contribution is 0.0931. The van der Waals surface area contributed by atoms with Crippen molar-refractivity contribution in [2.24, 2.45) is 7.05 Å². The van der Waals surface area contributed by atoms with Crippen molar-refractivity contribution >= 4 is 15.9 Å². The minimum Gasteiger partial charge on any atom is -0.348 e. The maximum atomic E-state index is 13.8. The second-order valence-corrected chi connectivity index (χ2v) is 8.48. The van der Waals surface area contributed by atoms with Gasteiger partial charge in [0.15, 0.2) is 0 Å². The van der Waals surface area contributed by atoms with Crippen LogP contribution in [0.25, 0.3) is 0 Å². The molecule has 9 heteroatoms. The molecule has 154 valence electrons. The van der Waals surface area contributed by atoms with Gasteiger partial charge in [0.05, 0.1) is 0 Å². The summed E-state index contributed by atoms with van der Waals surface area (Å²) in [5, 5.41) is 2.66. The zero-order valence-electron chi connectivity index (χ0n) is 16.4. The second kappa shape index (κ2) is 8.83. The van der Waals surface area contributed by atoms with Crippen LogP contribution in [0.5, 0.6) is 0 Å². The first-order valence-electron chi connectivity index (χ1n) is 9.02. The Bertz CT molecular complexity index is 933. The number of nitrogens with one attached hydrogen (secondary N) is 1. The lowest BCUT2D eigenvalue weighted by Crippen LogP contribution is -2.35. The Hall–Kier alpha value is -2.26. The van der Waals surface area contributed by atoms with Crippen molar-refractivity contribution in [1.82, 2.24) is 14.2 Å². The number of aromatic nitrogens is 1. The van der Waals surface area contributed by atoms with Crippen LogP contribution in [0.1, 0.15) is 36.8 Å². The molecule has 0 saturated heterocycles. The summed E-state index contributed by atoms with van der Waals surface area (Å²) in [7, 11) is -2.12. The van der Waals surface area contributed by atoms with Crippen molar-refractivity contribution in [3.63, 3.8) is 0 Å². The summed E-state index contributed by atoms with van der Waals surface area (Å²) in [6.07, 6.45) is 1.35. The van der Waals surface area contributed by atoms with Gasteiger partial charge in [-0.3, -0.25) is 4.79 Å². The quantitative estimate of drug-likeness (QED) is 0.723. The summed E-state index contributed by atoms with van der Waals surface area (Å²) in [6.45, 7) is 5.74. The Morgan fingerprint density at radius 1 is 1.21 bits per heavy atom. The molecule has 1 heterocycles. The van der Waals surface area contributed by atoms with Crippen molar-refractivity contribution < 1.29 is 22.0 Å². The highest BCUT2D eigenvalue weighted by Crippen LogP contribution is 2.19. The smallest absolute Gasteiger partial charge is 0.268 e. The van der Waals surface area contributed by atoms with E-state index in [1.807, 2.05) is 0 Å². The first-order chi connectivity index (χ1) is 13.1. The van der Waals surface area contributed by atoms with Gasteiger partial charge in [-0.1, -0.05) is 19.9 Å². The van der Waals surface area contributed by atoms with Crippen molar-refractivity contribution in [2.75, 3.05) is 13.1 Å². The standard InChI is InChI=1S/C19H25F2N3O3S/c1-5-24(6-2)28(26,27)14-11-18(23(4)12-14)19(25)22-13(3)10-15-16(20)8-7-9-17(15)21/h7-9,11-13H,5-6,10H2,1-4H3,(H,22,25). The van der Waals surface area contributed by atoms with Crippen LogP contribution in [0.2, 0.25) is 0 Å². The molecule has 0 aliphatic heterocycles. The number of carbonyl (C=O) groups is 1. The zero-order valence-corrected chi connectivity index (χ0v) is 17.2. The lowest BCUT2D eigenvalue weighted by atomic mass is 10.1. The number of amides is 1. The monoisotopic (exact) mass is 413 g/mol. The average Bonchev–Trinajstić information content (AvgIpc) is 3.02. The Balaban J connectivity index is 2.18. The number of halogens is 2. The SMILES string of the molecule is CCN(CC)S(=O)(=O)c1cc(C(=O)NC(C)Cc2c(F)cccc2F)n(C)c1. The van der Waals surface area contributed by atoms with E-state index in [0.717, 1.165) is 12.1 Å². The summed E-state index contributed by atoms with van der Waals surface area (Å²) < 4.78 is 55.5. The normalized spacial score (nSPS) is 13.0. The van der Waals surface area contributed by atoms with E-state index in [-0.39, 0.29) is 22.6 Å². The van der Waals surface area contributed by atoms with E-state index < -0.39 is 33.6 Å². The molecule has 0 fully saturated rings. The largest absolute Gasteiger partial charge is 0.348 e. The maximum Gasteiger partial charge on any atom is 0.268 e. The number of benzene rings is 1. The summed E-state index contributed by atoms with van der Waals surface area (Å²) in [5.74, 6) is -1.87. The molecule has 0 spiro atoms. The Morgan fingerprint density at radius 2 is 1.79 bits per heavy atom. The van der Waals surface area contributed by atoms with Crippen LogP contribution in [0.15, 0.2) is 35.4 Å². The molecule has 1 amide bonds. The molecule has 1 N–H and O–H groups in total. The number of rotatable bonds is 8. The minimum atomic E-state index is -3.69. The minimum absolute atomic E-state index is 0.0247. The molecule has 1 aromatic carbocycles. The van der Waals surface area contributed by atoms with Crippen LogP contribution in [0.4, 0.5) is 8.78 Å². The van der Waals surface area contributed by atoms with E-state index in [4.69, 9.17) is 0 Å². The van der Waals surface area contributed by atoms with E-state index in [0.29, 0.717) is 13.1 Å². The molecule has 2 aromatic rings. The van der Waals surface area contributed by atoms with Gasteiger partial charge in [-0.15, -0.1) is 0 Å². The van der Waals surface area contributed by atoms with E-state index >= 15 is 0 Å². The molecular formula is C19H25F2N3O3S. The van der Waals surface area contributed by atoms with Gasteiger partial charge >= 0.3 is 0 Å². The molecule has 0 saturated carbocycles. The average molecular weight is 413 g/mol. The fraction of sp³-hybridized carbons (Fsp3) is 0.421. The summed E-state index contributed by atoms with van der Waals surface area (Å²) >= 11 is 0. The molecule has 0 aliphatic carbocycles. The Kier molecular flexibility index (Phi) is 6.95. The molecule has 0 bridgehead atoms. The number of nitrogens with zero attached hydrogens (tertiary/aromatic N) is 2. The maximum absolute atomic E-state index is 13.8. The van der Waals surface area contributed by atoms with E-state index in [9.17, 15) is 22.0 Å². The molecule has 1 aromatic heterocycles. The van der Waals surface area contributed by atoms with E-state index in [1.165, 1.54) is 27.2 Å². The van der Waals surface area contributed by atoms with E-state index in [2.05, 4.69) is 5.32 Å². The van der Waals surface area contributed by atoms with Gasteiger partial charge in [-0.05, 0) is 31.5 Å². The Labute approximate surface area is 164 Å². The molecule has 6 nitrogen and oxygen atoms in total. The van der Waals surface area contributed by atoms with E-state index in [1.54, 1.807) is 27.8 Å². The molecular weight excluding hydrogens is 388 g/mol. The van der Waals surface area contributed by atoms with Crippen molar-refractivity contribution in [3.05, 3.63) is 53.4 Å². The predicted molar refractivity (Wildman–Crippen MR) is 103 cm³/mol. The van der Waals surface area contributed by atoms with Gasteiger partial charge in [0.1, 0.15) is 22.2 Å². The van der Waals surface area contributed by atoms with Gasteiger partial charge in [-0.2, -0.15) is 4.31 Å². The molecule has 28 heavy (non-hydrogen) atoms. The summed E-state index contributed by atoms with van der Waals surface area (Å²) in [4.78, 5) is 12.6. The molecule has 0 aliphatic rings. The van der Waals surface area contributed by atoms with Crippen LogP contribution in [-0.4, -0.2) is 42.3 Å². The number of carbonyl (C=O) groups excluding carboxylic acids is 1. The van der Waals surface area contributed by atoms with Crippen LogP contribution in [0, 0.1) is 11.6 Å². The van der Waals surface area contributed by atoms with Crippen molar-refractivity contribution in [1.29, 1.82) is 0 Å². The van der Waals surface area contributed by atoms with Crippen LogP contribution in [0.3, 0.4) is 0 Å². The molecule has 0 radical (unpaired) electrons. The highest BCUT2D eigenvalue weighted by molar-refractivity contribution is 7.89. The van der Waals surface area contributed by atoms with Gasteiger partial charge in [-0.25, -0.2) is 17.2 Å². The first-order valence-corrected chi connectivity index (χ1v) is 10.5. The number of aryl methyl sites for hydroxylation is 1. The first kappa shape index (κ1) is 22.0. The topological polar surface area (TPSA) is 71.4 Å². The van der Waals surface area contributed by atoms with Gasteiger partial charge < -0.3 is 9.88 Å². The number of hydrogen-bond donors (Lipinski definition) is 1. The fourth-order valence-corrected chi connectivity index (χ4v) is 4.53. The third-order valence-corrected chi connectivity index (χ3v) is 6.52. The lowest BCUT2D eigenvalue weighted by Gasteiger charge is -2.17. The third-order valence-electron chi connectivity index (χ3n) is 4.51. The van der Waals surface area contributed by atoms with Crippen LogP contribution < -0.4 is 5.32 Å². The summed E-state index contributed by atoms with van der Waals surface area (Å²) in [5.41, 5.74) is 0.0403. The molecule has 2 rings (SSSR count). The number of sulfonamides is 1. The van der Waals surface area contributed by atoms with Crippen LogP contribution >= 0.6 is 0 Å². The fourth-order valence-electron chi connectivity index (χ4n) is 3.00.